The van der Waals surface area contributed by atoms with Crippen LogP contribution in [0.25, 0.3) is 32.9 Å². The molecule has 2 heterocycles. The van der Waals surface area contributed by atoms with Crippen molar-refractivity contribution in [3.8, 4) is 11.1 Å². The number of aromatic amines is 2. The van der Waals surface area contributed by atoms with Gasteiger partial charge in [-0.25, -0.2) is 4.39 Å². The molecule has 0 aliphatic rings. The lowest BCUT2D eigenvalue weighted by molar-refractivity contribution is 0.636. The number of fused-ring (bicyclic) bond motifs is 2. The molecule has 4 rings (SSSR count). The summed E-state index contributed by atoms with van der Waals surface area (Å²) in [6, 6.07) is 8.04. The Kier molecular flexibility index (Phi) is 2.89. The first kappa shape index (κ1) is 13.8. The molecule has 0 aliphatic heterocycles. The minimum Gasteiger partial charge on any atom is -0.394 e. The number of hydrogen-bond acceptors (Lipinski definition) is 3. The molecule has 2 aromatic heterocycles. The van der Waals surface area contributed by atoms with Gasteiger partial charge in [0.25, 0.3) is 5.56 Å². The average molecular weight is 329 g/mol. The lowest BCUT2D eigenvalue weighted by Crippen LogP contribution is -2.13. The van der Waals surface area contributed by atoms with Gasteiger partial charge in [-0.15, -0.1) is 0 Å². The maximum Gasteiger partial charge on any atom is 0.272 e. The van der Waals surface area contributed by atoms with Crippen molar-refractivity contribution in [2.24, 2.45) is 0 Å². The van der Waals surface area contributed by atoms with Crippen LogP contribution in [0, 0.1) is 5.82 Å². The van der Waals surface area contributed by atoms with E-state index in [0.29, 0.717) is 27.1 Å². The normalized spacial score (nSPS) is 11.4. The Morgan fingerprint density at radius 3 is 2.83 bits per heavy atom. The van der Waals surface area contributed by atoms with Gasteiger partial charge in [0.15, 0.2) is 0 Å². The molecule has 4 aromatic rings. The Hall–Kier alpha value is -2.86. The van der Waals surface area contributed by atoms with Gasteiger partial charge in [-0.3, -0.25) is 9.89 Å². The van der Waals surface area contributed by atoms with Crippen LogP contribution >= 0.6 is 11.6 Å². The largest absolute Gasteiger partial charge is 0.394 e. The van der Waals surface area contributed by atoms with Crippen molar-refractivity contribution in [2.45, 2.75) is 0 Å². The highest BCUT2D eigenvalue weighted by Gasteiger charge is 2.17. The summed E-state index contributed by atoms with van der Waals surface area (Å²) in [6.07, 6.45) is 1.51. The van der Waals surface area contributed by atoms with Crippen molar-refractivity contribution >= 4 is 39.1 Å². The van der Waals surface area contributed by atoms with Crippen LogP contribution in [0.5, 0.6) is 0 Å². The number of nitrogens with two attached hydrogens (primary N) is 1. The predicted octanol–water partition coefficient (Wildman–Crippen LogP) is 3.45. The first-order valence-electron chi connectivity index (χ1n) is 6.79. The molecular formula is C16H10ClFN4O. The van der Waals surface area contributed by atoms with E-state index in [4.69, 9.17) is 17.3 Å². The Labute approximate surface area is 133 Å². The predicted molar refractivity (Wildman–Crippen MR) is 89.0 cm³/mol. The smallest absolute Gasteiger partial charge is 0.272 e. The van der Waals surface area contributed by atoms with Crippen LogP contribution in [-0.2, 0) is 0 Å². The number of H-pyrrole nitrogens is 2. The number of nitrogen functional groups attached to an aromatic ring is 1. The van der Waals surface area contributed by atoms with Gasteiger partial charge in [0, 0.05) is 21.4 Å². The number of halogens is 2. The molecule has 0 unspecified atom stereocenters. The number of rotatable bonds is 1. The van der Waals surface area contributed by atoms with E-state index in [2.05, 4.69) is 15.2 Å². The van der Waals surface area contributed by atoms with Crippen molar-refractivity contribution in [3.63, 3.8) is 0 Å². The molecule has 0 saturated carbocycles. The third-order valence-electron chi connectivity index (χ3n) is 3.85. The maximum atomic E-state index is 13.9. The Morgan fingerprint density at radius 1 is 1.17 bits per heavy atom. The van der Waals surface area contributed by atoms with Gasteiger partial charge in [0.05, 0.1) is 11.7 Å². The fourth-order valence-corrected chi connectivity index (χ4v) is 2.97. The maximum absolute atomic E-state index is 13.9. The summed E-state index contributed by atoms with van der Waals surface area (Å²) in [5.41, 5.74) is 7.65. The van der Waals surface area contributed by atoms with Crippen LogP contribution in [0.4, 0.5) is 10.1 Å². The third kappa shape index (κ3) is 1.99. The quantitative estimate of drug-likeness (QED) is 0.500. The first-order chi connectivity index (χ1) is 11.1. The molecule has 0 saturated heterocycles. The summed E-state index contributed by atoms with van der Waals surface area (Å²) in [5.74, 6) is -0.419. The molecule has 114 valence electrons. The number of nitrogens with one attached hydrogen (secondary N) is 2. The second-order valence-electron chi connectivity index (χ2n) is 5.19. The van der Waals surface area contributed by atoms with Gasteiger partial charge in [-0.05, 0) is 23.8 Å². The standard InChI is InChI=1S/C16H10ClFN4O/c17-7-1-2-9-12(5-7)21-16(23)14(19)13(9)8-3-4-11(18)15-10(8)6-20-22-15/h1-6H,19H2,(H,20,22)(H,21,23). The van der Waals surface area contributed by atoms with E-state index in [1.165, 1.54) is 12.3 Å². The van der Waals surface area contributed by atoms with Gasteiger partial charge < -0.3 is 10.7 Å². The van der Waals surface area contributed by atoms with Crippen LogP contribution in [0.2, 0.25) is 5.02 Å². The van der Waals surface area contributed by atoms with Crippen molar-refractivity contribution in [3.05, 3.63) is 57.7 Å². The summed E-state index contributed by atoms with van der Waals surface area (Å²) in [6.45, 7) is 0. The SMILES string of the molecule is Nc1c(-c2ccc(F)c3[nH]ncc23)c2ccc(Cl)cc2[nH]c1=O. The van der Waals surface area contributed by atoms with Gasteiger partial charge in [0.2, 0.25) is 0 Å². The zero-order valence-electron chi connectivity index (χ0n) is 11.7. The number of hydrogen-bond donors (Lipinski definition) is 3. The molecule has 0 amide bonds. The van der Waals surface area contributed by atoms with E-state index < -0.39 is 11.4 Å². The molecule has 0 fully saturated rings. The molecule has 4 N–H and O–H groups in total. The Balaban J connectivity index is 2.20. The topological polar surface area (TPSA) is 87.6 Å². The molecule has 0 atom stereocenters. The molecule has 7 heteroatoms. The number of pyridine rings is 1. The van der Waals surface area contributed by atoms with E-state index in [-0.39, 0.29) is 11.2 Å². The molecular weight excluding hydrogens is 319 g/mol. The first-order valence-corrected chi connectivity index (χ1v) is 7.17. The highest BCUT2D eigenvalue weighted by atomic mass is 35.5. The number of anilines is 1. The van der Waals surface area contributed by atoms with Crippen LogP contribution in [0.3, 0.4) is 0 Å². The van der Waals surface area contributed by atoms with Crippen LogP contribution in [0.1, 0.15) is 0 Å². The lowest BCUT2D eigenvalue weighted by Gasteiger charge is -2.11. The molecule has 0 radical (unpaired) electrons. The van der Waals surface area contributed by atoms with E-state index in [0.717, 1.165) is 5.39 Å². The molecule has 5 nitrogen and oxygen atoms in total. The van der Waals surface area contributed by atoms with Crippen molar-refractivity contribution < 1.29 is 4.39 Å². The van der Waals surface area contributed by atoms with Gasteiger partial charge in [-0.1, -0.05) is 23.7 Å². The van der Waals surface area contributed by atoms with Crippen LogP contribution < -0.4 is 11.3 Å². The van der Waals surface area contributed by atoms with E-state index in [1.54, 1.807) is 24.3 Å². The van der Waals surface area contributed by atoms with Gasteiger partial charge in [0.1, 0.15) is 17.0 Å². The molecule has 0 aliphatic carbocycles. The summed E-state index contributed by atoms with van der Waals surface area (Å²) in [7, 11) is 0. The molecule has 0 spiro atoms. The highest BCUT2D eigenvalue weighted by molar-refractivity contribution is 6.31. The number of nitrogens with zero attached hydrogens (tertiary/aromatic N) is 1. The Morgan fingerprint density at radius 2 is 2.00 bits per heavy atom. The number of aromatic nitrogens is 3. The second kappa shape index (κ2) is 4.82. The zero-order chi connectivity index (χ0) is 16.1. The van der Waals surface area contributed by atoms with Crippen LogP contribution in [-0.4, -0.2) is 15.2 Å². The van der Waals surface area contributed by atoms with Gasteiger partial charge >= 0.3 is 0 Å². The lowest BCUT2D eigenvalue weighted by atomic mass is 9.97. The Bertz CT molecular complexity index is 1130. The molecule has 2 aromatic carbocycles. The molecule has 0 bridgehead atoms. The van der Waals surface area contributed by atoms with Crippen molar-refractivity contribution in [1.29, 1.82) is 0 Å². The van der Waals surface area contributed by atoms with E-state index >= 15 is 0 Å². The van der Waals surface area contributed by atoms with Crippen LogP contribution in [0.15, 0.2) is 41.3 Å². The summed E-state index contributed by atoms with van der Waals surface area (Å²) in [4.78, 5) is 14.9. The van der Waals surface area contributed by atoms with E-state index in [9.17, 15) is 9.18 Å². The fourth-order valence-electron chi connectivity index (χ4n) is 2.80. The fraction of sp³-hybridized carbons (Fsp3) is 0. The number of benzene rings is 2. The van der Waals surface area contributed by atoms with Crippen molar-refractivity contribution in [1.82, 2.24) is 15.2 Å². The monoisotopic (exact) mass is 328 g/mol. The summed E-state index contributed by atoms with van der Waals surface area (Å²) < 4.78 is 13.9. The second-order valence-corrected chi connectivity index (χ2v) is 5.62. The van der Waals surface area contributed by atoms with E-state index in [1.807, 2.05) is 0 Å². The zero-order valence-corrected chi connectivity index (χ0v) is 12.4. The minimum atomic E-state index is -0.421. The molecule has 23 heavy (non-hydrogen) atoms. The summed E-state index contributed by atoms with van der Waals surface area (Å²) >= 11 is 5.99. The third-order valence-corrected chi connectivity index (χ3v) is 4.08. The minimum absolute atomic E-state index is 0.0638. The summed E-state index contributed by atoms with van der Waals surface area (Å²) in [5, 5.41) is 8.27. The van der Waals surface area contributed by atoms with Crippen molar-refractivity contribution in [2.75, 3.05) is 5.73 Å². The highest BCUT2D eigenvalue weighted by Crippen LogP contribution is 2.36. The van der Waals surface area contributed by atoms with Gasteiger partial charge in [-0.2, -0.15) is 5.10 Å². The average Bonchev–Trinajstić information content (AvgIpc) is 3.01.